The van der Waals surface area contributed by atoms with Gasteiger partial charge in [-0.05, 0) is 29.7 Å². The average Bonchev–Trinajstić information content (AvgIpc) is 3.00. The first kappa shape index (κ1) is 18.5. The molecule has 1 N–H and O–H groups in total. The molecule has 4 nitrogen and oxygen atoms in total. The maximum absolute atomic E-state index is 12.7. The van der Waals surface area contributed by atoms with Gasteiger partial charge in [0.2, 0.25) is 5.72 Å². The van der Waals surface area contributed by atoms with Crippen LogP contribution in [-0.2, 0) is 16.9 Å². The molecule has 1 heterocycles. The zero-order valence-electron chi connectivity index (χ0n) is 15.2. The van der Waals surface area contributed by atoms with Crippen molar-refractivity contribution in [1.82, 2.24) is 4.90 Å². The van der Waals surface area contributed by atoms with Gasteiger partial charge >= 0.3 is 6.09 Å². The highest BCUT2D eigenvalue weighted by atomic mass is 35.5. The molecule has 1 aliphatic rings. The summed E-state index contributed by atoms with van der Waals surface area (Å²) in [6, 6.07) is 26.0. The highest BCUT2D eigenvalue weighted by Gasteiger charge is 2.55. The molecule has 4 rings (SSSR count). The summed E-state index contributed by atoms with van der Waals surface area (Å²) in [6.07, 6.45) is -0.772. The normalized spacial score (nSPS) is 21.6. The molecule has 1 aliphatic heterocycles. The Balaban J connectivity index is 1.69. The molecule has 0 bridgehead atoms. The van der Waals surface area contributed by atoms with Crippen LogP contribution in [-0.4, -0.2) is 22.6 Å². The lowest BCUT2D eigenvalue weighted by Crippen LogP contribution is -2.46. The van der Waals surface area contributed by atoms with Crippen molar-refractivity contribution in [1.29, 1.82) is 0 Å². The van der Waals surface area contributed by atoms with Gasteiger partial charge in [-0.15, -0.1) is 0 Å². The molecular formula is C23H20ClNO3. The molecule has 2 atom stereocenters. The molecule has 0 aliphatic carbocycles. The Morgan fingerprint density at radius 1 is 0.929 bits per heavy atom. The molecule has 142 valence electrons. The first-order chi connectivity index (χ1) is 13.6. The molecule has 0 radical (unpaired) electrons. The van der Waals surface area contributed by atoms with Crippen LogP contribution in [0.4, 0.5) is 4.79 Å². The van der Waals surface area contributed by atoms with E-state index in [1.165, 1.54) is 4.90 Å². The van der Waals surface area contributed by atoms with Gasteiger partial charge in [0.25, 0.3) is 0 Å². The van der Waals surface area contributed by atoms with Crippen molar-refractivity contribution >= 4 is 17.7 Å². The number of amides is 1. The fourth-order valence-corrected chi connectivity index (χ4v) is 3.73. The number of nitrogens with zero attached hydrogens (tertiary/aromatic N) is 1. The van der Waals surface area contributed by atoms with Crippen molar-refractivity contribution in [3.8, 4) is 0 Å². The van der Waals surface area contributed by atoms with Gasteiger partial charge in [-0.3, -0.25) is 4.90 Å². The van der Waals surface area contributed by atoms with E-state index in [9.17, 15) is 9.90 Å². The van der Waals surface area contributed by atoms with E-state index in [0.717, 1.165) is 11.1 Å². The van der Waals surface area contributed by atoms with Gasteiger partial charge in [-0.25, -0.2) is 4.79 Å². The fourth-order valence-electron chi connectivity index (χ4n) is 3.60. The first-order valence-electron chi connectivity index (χ1n) is 9.14. The van der Waals surface area contributed by atoms with Crippen molar-refractivity contribution < 1.29 is 14.6 Å². The van der Waals surface area contributed by atoms with Gasteiger partial charge in [-0.1, -0.05) is 84.4 Å². The highest BCUT2D eigenvalue weighted by Crippen LogP contribution is 2.46. The zero-order valence-corrected chi connectivity index (χ0v) is 15.9. The van der Waals surface area contributed by atoms with Crippen LogP contribution in [0, 0.1) is 0 Å². The van der Waals surface area contributed by atoms with E-state index in [-0.39, 0.29) is 0 Å². The maximum Gasteiger partial charge on any atom is 0.413 e. The van der Waals surface area contributed by atoms with Crippen molar-refractivity contribution in [2.45, 2.75) is 18.2 Å². The molecule has 1 fully saturated rings. The summed E-state index contributed by atoms with van der Waals surface area (Å²) in [5.41, 5.74) is 0.796. The Labute approximate surface area is 168 Å². The Bertz CT molecular complexity index is 947. The third-order valence-electron chi connectivity index (χ3n) is 5.05. The standard InChI is InChI=1S/C23H20ClNO3/c24-20-13-11-17(12-14-20)15-16-25-22(26)28-21(18-7-3-1-4-8-18)23(25,27)19-9-5-2-6-10-19/h1-14,21,27H,15-16H2/t21-,23+/m0/s1. The number of ether oxygens (including phenoxy) is 1. The van der Waals surface area contributed by atoms with E-state index in [0.29, 0.717) is 23.6 Å². The van der Waals surface area contributed by atoms with E-state index < -0.39 is 17.9 Å². The summed E-state index contributed by atoms with van der Waals surface area (Å²) in [4.78, 5) is 14.2. The number of cyclic esters (lactones) is 1. The number of hydrogen-bond donors (Lipinski definition) is 1. The van der Waals surface area contributed by atoms with Crippen molar-refractivity contribution in [3.05, 3.63) is 107 Å². The second-order valence-electron chi connectivity index (χ2n) is 6.79. The van der Waals surface area contributed by atoms with Crippen LogP contribution < -0.4 is 0 Å². The maximum atomic E-state index is 12.7. The number of rotatable bonds is 5. The Morgan fingerprint density at radius 2 is 1.54 bits per heavy atom. The minimum atomic E-state index is -1.59. The summed E-state index contributed by atoms with van der Waals surface area (Å²) in [6.45, 7) is 0.315. The lowest BCUT2D eigenvalue weighted by molar-refractivity contribution is -0.109. The minimum absolute atomic E-state index is 0.315. The number of aliphatic hydroxyl groups is 1. The van der Waals surface area contributed by atoms with Gasteiger partial charge in [0, 0.05) is 17.1 Å². The van der Waals surface area contributed by atoms with Crippen LogP contribution in [0.3, 0.4) is 0 Å². The molecule has 0 unspecified atom stereocenters. The van der Waals surface area contributed by atoms with E-state index >= 15 is 0 Å². The Morgan fingerprint density at radius 3 is 2.18 bits per heavy atom. The summed E-state index contributed by atoms with van der Waals surface area (Å²) in [7, 11) is 0. The van der Waals surface area contributed by atoms with E-state index in [2.05, 4.69) is 0 Å². The van der Waals surface area contributed by atoms with E-state index in [1.54, 1.807) is 0 Å². The zero-order chi connectivity index (χ0) is 19.6. The SMILES string of the molecule is O=C1O[C@@H](c2ccccc2)[C@](O)(c2ccccc2)N1CCc1ccc(Cl)cc1. The van der Waals surface area contributed by atoms with Gasteiger partial charge in [0.15, 0.2) is 6.10 Å². The van der Waals surface area contributed by atoms with E-state index in [4.69, 9.17) is 16.3 Å². The molecule has 0 aromatic heterocycles. The summed E-state index contributed by atoms with van der Waals surface area (Å²) in [5, 5.41) is 12.4. The molecule has 3 aromatic rings. The Kier molecular flexibility index (Phi) is 5.07. The molecule has 1 saturated heterocycles. The van der Waals surface area contributed by atoms with Crippen LogP contribution >= 0.6 is 11.6 Å². The number of halogens is 1. The second kappa shape index (κ2) is 7.66. The van der Waals surface area contributed by atoms with Crippen molar-refractivity contribution in [3.63, 3.8) is 0 Å². The van der Waals surface area contributed by atoms with Gasteiger partial charge in [0.05, 0.1) is 0 Å². The fraction of sp³-hybridized carbons (Fsp3) is 0.174. The predicted molar refractivity (Wildman–Crippen MR) is 108 cm³/mol. The van der Waals surface area contributed by atoms with Crippen LogP contribution in [0.1, 0.15) is 22.8 Å². The predicted octanol–water partition coefficient (Wildman–Crippen LogP) is 4.92. The largest absolute Gasteiger partial charge is 0.436 e. The summed E-state index contributed by atoms with van der Waals surface area (Å²) in [5.74, 6) is 0. The van der Waals surface area contributed by atoms with Crippen molar-refractivity contribution in [2.75, 3.05) is 6.54 Å². The number of benzene rings is 3. The average molecular weight is 394 g/mol. The monoisotopic (exact) mass is 393 g/mol. The van der Waals surface area contributed by atoms with Crippen LogP contribution in [0.25, 0.3) is 0 Å². The van der Waals surface area contributed by atoms with Gasteiger partial charge < -0.3 is 9.84 Å². The lowest BCUT2D eigenvalue weighted by atomic mass is 9.91. The minimum Gasteiger partial charge on any atom is -0.436 e. The topological polar surface area (TPSA) is 49.8 Å². The molecular weight excluding hydrogens is 374 g/mol. The smallest absolute Gasteiger partial charge is 0.413 e. The van der Waals surface area contributed by atoms with Crippen molar-refractivity contribution in [2.24, 2.45) is 0 Å². The second-order valence-corrected chi connectivity index (χ2v) is 7.23. The van der Waals surface area contributed by atoms with Crippen LogP contribution in [0.15, 0.2) is 84.9 Å². The first-order valence-corrected chi connectivity index (χ1v) is 9.52. The molecule has 0 spiro atoms. The summed E-state index contributed by atoms with van der Waals surface area (Å²) < 4.78 is 5.65. The molecule has 5 heteroatoms. The van der Waals surface area contributed by atoms with Crippen LogP contribution in [0.5, 0.6) is 0 Å². The highest BCUT2D eigenvalue weighted by molar-refractivity contribution is 6.30. The Hall–Kier alpha value is -2.82. The van der Waals surface area contributed by atoms with Gasteiger partial charge in [0.1, 0.15) is 0 Å². The quantitative estimate of drug-likeness (QED) is 0.669. The third kappa shape index (κ3) is 3.37. The third-order valence-corrected chi connectivity index (χ3v) is 5.31. The number of hydrogen-bond acceptors (Lipinski definition) is 3. The summed E-state index contributed by atoms with van der Waals surface area (Å²) >= 11 is 5.95. The van der Waals surface area contributed by atoms with Crippen LogP contribution in [0.2, 0.25) is 5.02 Å². The number of carbonyl (C=O) groups excluding carboxylic acids is 1. The molecule has 28 heavy (non-hydrogen) atoms. The van der Waals surface area contributed by atoms with E-state index in [1.807, 2.05) is 84.9 Å². The van der Waals surface area contributed by atoms with Gasteiger partial charge in [-0.2, -0.15) is 0 Å². The molecule has 1 amide bonds. The molecule has 3 aromatic carbocycles. The lowest BCUT2D eigenvalue weighted by Gasteiger charge is -2.34. The molecule has 0 saturated carbocycles. The number of carbonyl (C=O) groups is 1.